The van der Waals surface area contributed by atoms with E-state index in [-0.39, 0.29) is 12.0 Å². The van der Waals surface area contributed by atoms with Crippen molar-refractivity contribution in [1.82, 2.24) is 4.98 Å². The van der Waals surface area contributed by atoms with Crippen molar-refractivity contribution in [2.24, 2.45) is 5.73 Å². The predicted octanol–water partition coefficient (Wildman–Crippen LogP) is 2.83. The molecule has 0 amide bonds. The molecule has 3 N–H and O–H groups in total. The van der Waals surface area contributed by atoms with E-state index in [9.17, 15) is 5.11 Å². The first-order chi connectivity index (χ1) is 9.35. The number of benzene rings is 1. The second kappa shape index (κ2) is 5.64. The Labute approximate surface area is 124 Å². The van der Waals surface area contributed by atoms with E-state index >= 15 is 0 Å². The van der Waals surface area contributed by atoms with E-state index in [0.29, 0.717) is 6.42 Å². The van der Waals surface area contributed by atoms with Crippen LogP contribution >= 0.6 is 11.3 Å². The molecule has 0 saturated carbocycles. The maximum atomic E-state index is 10.8. The highest BCUT2D eigenvalue weighted by molar-refractivity contribution is 7.09. The first kappa shape index (κ1) is 15.2. The minimum Gasteiger partial charge on any atom is -0.383 e. The molecule has 1 heterocycles. The third kappa shape index (κ3) is 3.26. The number of hydrogen-bond donors (Lipinski definition) is 2. The molecule has 0 radical (unpaired) electrons. The Kier molecular flexibility index (Phi) is 4.28. The fourth-order valence-electron chi connectivity index (χ4n) is 2.03. The smallest absolute Gasteiger partial charge is 0.108 e. The Bertz CT molecular complexity index is 559. The molecule has 1 atom stereocenters. The van der Waals surface area contributed by atoms with Gasteiger partial charge in [-0.15, -0.1) is 11.3 Å². The van der Waals surface area contributed by atoms with Gasteiger partial charge in [-0.05, 0) is 5.56 Å². The largest absolute Gasteiger partial charge is 0.383 e. The molecule has 0 saturated heterocycles. The number of aromatic nitrogens is 1. The summed E-state index contributed by atoms with van der Waals surface area (Å²) in [5.41, 5.74) is 6.69. The van der Waals surface area contributed by atoms with E-state index in [1.807, 2.05) is 30.3 Å². The van der Waals surface area contributed by atoms with Crippen molar-refractivity contribution < 1.29 is 5.11 Å². The number of nitrogens with zero attached hydrogens (tertiary/aromatic N) is 1. The Morgan fingerprint density at radius 2 is 1.85 bits per heavy atom. The quantitative estimate of drug-likeness (QED) is 0.910. The Balaban J connectivity index is 2.25. The van der Waals surface area contributed by atoms with Crippen molar-refractivity contribution in [3.05, 3.63) is 52.0 Å². The van der Waals surface area contributed by atoms with Crippen molar-refractivity contribution in [2.75, 3.05) is 6.54 Å². The second-order valence-corrected chi connectivity index (χ2v) is 7.10. The molecule has 0 spiro atoms. The predicted molar refractivity (Wildman–Crippen MR) is 83.9 cm³/mol. The highest BCUT2D eigenvalue weighted by atomic mass is 32.1. The summed E-state index contributed by atoms with van der Waals surface area (Å²) in [6, 6.07) is 9.58. The van der Waals surface area contributed by atoms with E-state index < -0.39 is 5.60 Å². The monoisotopic (exact) mass is 290 g/mol. The van der Waals surface area contributed by atoms with Crippen molar-refractivity contribution in [3.8, 4) is 0 Å². The zero-order chi connectivity index (χ0) is 14.8. The molecule has 1 aromatic heterocycles. The molecule has 0 fully saturated rings. The number of nitrogens with two attached hydrogens (primary N) is 1. The summed E-state index contributed by atoms with van der Waals surface area (Å²) in [7, 11) is 0. The van der Waals surface area contributed by atoms with Gasteiger partial charge in [0.2, 0.25) is 0 Å². The minimum atomic E-state index is -1.05. The first-order valence-corrected chi connectivity index (χ1v) is 7.66. The van der Waals surface area contributed by atoms with Gasteiger partial charge in [-0.25, -0.2) is 4.98 Å². The molecule has 0 aliphatic heterocycles. The molecule has 4 heteroatoms. The summed E-state index contributed by atoms with van der Waals surface area (Å²) in [6.45, 7) is 6.59. The van der Waals surface area contributed by atoms with Gasteiger partial charge in [0.25, 0.3) is 0 Å². The highest BCUT2D eigenvalue weighted by Crippen LogP contribution is 2.29. The summed E-state index contributed by atoms with van der Waals surface area (Å²) >= 11 is 1.59. The SMILES string of the molecule is CC(C)(C)c1csc(CC(O)(CN)c2ccccc2)n1. The molecule has 0 bridgehead atoms. The number of hydrogen-bond acceptors (Lipinski definition) is 4. The van der Waals surface area contributed by atoms with Gasteiger partial charge in [0.15, 0.2) is 0 Å². The normalized spacial score (nSPS) is 15.1. The van der Waals surface area contributed by atoms with Crippen LogP contribution < -0.4 is 5.73 Å². The van der Waals surface area contributed by atoms with Crippen LogP contribution in [0.4, 0.5) is 0 Å². The Morgan fingerprint density at radius 3 is 2.35 bits per heavy atom. The van der Waals surface area contributed by atoms with Gasteiger partial charge in [-0.2, -0.15) is 0 Å². The van der Waals surface area contributed by atoms with Crippen LogP contribution in [0.15, 0.2) is 35.7 Å². The van der Waals surface area contributed by atoms with E-state index in [0.717, 1.165) is 16.3 Å². The van der Waals surface area contributed by atoms with Crippen LogP contribution in [-0.2, 0) is 17.4 Å². The van der Waals surface area contributed by atoms with Crippen LogP contribution in [0, 0.1) is 0 Å². The standard InChI is InChI=1S/C16H22N2OS/c1-15(2,3)13-10-20-14(18-13)9-16(19,11-17)12-7-5-4-6-8-12/h4-8,10,19H,9,11,17H2,1-3H3. The van der Waals surface area contributed by atoms with Crippen LogP contribution in [-0.4, -0.2) is 16.6 Å². The lowest BCUT2D eigenvalue weighted by molar-refractivity contribution is 0.0461. The maximum absolute atomic E-state index is 10.8. The lowest BCUT2D eigenvalue weighted by Gasteiger charge is -2.26. The van der Waals surface area contributed by atoms with Gasteiger partial charge in [0.1, 0.15) is 5.60 Å². The van der Waals surface area contributed by atoms with Crippen molar-refractivity contribution in [2.45, 2.75) is 38.2 Å². The molecular weight excluding hydrogens is 268 g/mol. The van der Waals surface area contributed by atoms with Crippen molar-refractivity contribution in [1.29, 1.82) is 0 Å². The zero-order valence-corrected chi connectivity index (χ0v) is 13.1. The summed E-state index contributed by atoms with van der Waals surface area (Å²) in [4.78, 5) is 4.64. The molecular formula is C16H22N2OS. The van der Waals surface area contributed by atoms with Gasteiger partial charge >= 0.3 is 0 Å². The van der Waals surface area contributed by atoms with Crippen LogP contribution in [0.1, 0.15) is 37.0 Å². The van der Waals surface area contributed by atoms with Gasteiger partial charge in [-0.1, -0.05) is 51.1 Å². The lowest BCUT2D eigenvalue weighted by Crippen LogP contribution is -2.37. The summed E-state index contributed by atoms with van der Waals surface area (Å²) in [5, 5.41) is 13.8. The number of rotatable bonds is 4. The Hall–Kier alpha value is -1.23. The van der Waals surface area contributed by atoms with E-state index in [4.69, 9.17) is 5.73 Å². The first-order valence-electron chi connectivity index (χ1n) is 6.78. The van der Waals surface area contributed by atoms with Crippen LogP contribution in [0.25, 0.3) is 0 Å². The van der Waals surface area contributed by atoms with E-state index in [1.165, 1.54) is 0 Å². The third-order valence-corrected chi connectivity index (χ3v) is 4.26. The molecule has 20 heavy (non-hydrogen) atoms. The molecule has 1 unspecified atom stereocenters. The third-order valence-electron chi connectivity index (χ3n) is 3.41. The fourth-order valence-corrected chi connectivity index (χ4v) is 3.15. The number of thiazole rings is 1. The van der Waals surface area contributed by atoms with Gasteiger partial charge in [0, 0.05) is 23.8 Å². The lowest BCUT2D eigenvalue weighted by atomic mass is 9.90. The topological polar surface area (TPSA) is 59.1 Å². The van der Waals surface area contributed by atoms with Crippen LogP contribution in [0.2, 0.25) is 0 Å². The second-order valence-electron chi connectivity index (χ2n) is 6.15. The average Bonchev–Trinajstić information content (AvgIpc) is 2.88. The minimum absolute atomic E-state index is 0.0301. The summed E-state index contributed by atoms with van der Waals surface area (Å²) in [5.74, 6) is 0. The molecule has 0 aliphatic carbocycles. The van der Waals surface area contributed by atoms with E-state index in [2.05, 4.69) is 31.1 Å². The fraction of sp³-hybridized carbons (Fsp3) is 0.438. The van der Waals surface area contributed by atoms with Crippen LogP contribution in [0.3, 0.4) is 0 Å². The average molecular weight is 290 g/mol. The van der Waals surface area contributed by atoms with Crippen molar-refractivity contribution in [3.63, 3.8) is 0 Å². The van der Waals surface area contributed by atoms with Gasteiger partial charge < -0.3 is 10.8 Å². The van der Waals surface area contributed by atoms with E-state index in [1.54, 1.807) is 11.3 Å². The van der Waals surface area contributed by atoms with Crippen LogP contribution in [0.5, 0.6) is 0 Å². The van der Waals surface area contributed by atoms with Gasteiger partial charge in [0.05, 0.1) is 10.7 Å². The molecule has 2 aromatic rings. The molecule has 0 aliphatic rings. The highest BCUT2D eigenvalue weighted by Gasteiger charge is 2.30. The summed E-state index contributed by atoms with van der Waals surface area (Å²) in [6.07, 6.45) is 0.453. The molecule has 1 aromatic carbocycles. The maximum Gasteiger partial charge on any atom is 0.108 e. The molecule has 3 nitrogen and oxygen atoms in total. The Morgan fingerprint density at radius 1 is 1.20 bits per heavy atom. The zero-order valence-electron chi connectivity index (χ0n) is 12.3. The number of aliphatic hydroxyl groups is 1. The van der Waals surface area contributed by atoms with Crippen molar-refractivity contribution >= 4 is 11.3 Å². The molecule has 2 rings (SSSR count). The summed E-state index contributed by atoms with van der Waals surface area (Å²) < 4.78 is 0. The van der Waals surface area contributed by atoms with Gasteiger partial charge in [-0.3, -0.25) is 0 Å². The molecule has 108 valence electrons.